The smallest absolute Gasteiger partial charge is 0.435 e. The first-order chi connectivity index (χ1) is 24.1. The van der Waals surface area contributed by atoms with Crippen LogP contribution < -0.4 is 14.7 Å². The van der Waals surface area contributed by atoms with E-state index in [1.807, 2.05) is 72.8 Å². The molecule has 0 saturated carbocycles. The summed E-state index contributed by atoms with van der Waals surface area (Å²) in [5.41, 5.74) is 3.61. The van der Waals surface area contributed by atoms with Crippen LogP contribution in [0.3, 0.4) is 0 Å². The lowest BCUT2D eigenvalue weighted by Crippen LogP contribution is -2.47. The van der Waals surface area contributed by atoms with Gasteiger partial charge >= 0.3 is 6.09 Å². The van der Waals surface area contributed by atoms with Crippen molar-refractivity contribution in [2.75, 3.05) is 27.8 Å². The molecule has 4 aromatic carbocycles. The highest BCUT2D eigenvalue weighted by atomic mass is 16.6. The molecular formula is C40H39N5O5. The normalized spacial score (nSPS) is 16.5. The van der Waals surface area contributed by atoms with E-state index in [1.54, 1.807) is 60.9 Å². The number of ether oxygens (including phenoxy) is 1. The molecule has 7 rings (SSSR count). The molecule has 0 bridgehead atoms. The molecule has 1 atom stereocenters. The number of anilines is 4. The number of amides is 3. The van der Waals surface area contributed by atoms with Crippen molar-refractivity contribution in [2.24, 2.45) is 5.92 Å². The quantitative estimate of drug-likeness (QED) is 0.186. The third-order valence-electron chi connectivity index (χ3n) is 9.09. The summed E-state index contributed by atoms with van der Waals surface area (Å²) in [5.74, 6) is -2.48. The van der Waals surface area contributed by atoms with E-state index in [4.69, 9.17) is 4.74 Å². The van der Waals surface area contributed by atoms with Crippen LogP contribution in [0.5, 0.6) is 0 Å². The molecular weight excluding hydrogens is 630 g/mol. The molecule has 1 aromatic heterocycles. The highest BCUT2D eigenvalue weighted by molar-refractivity contribution is 6.21. The van der Waals surface area contributed by atoms with Crippen LogP contribution in [0.1, 0.15) is 44.9 Å². The molecule has 0 spiro atoms. The van der Waals surface area contributed by atoms with Gasteiger partial charge in [-0.3, -0.25) is 19.3 Å². The van der Waals surface area contributed by atoms with Crippen molar-refractivity contribution < 1.29 is 23.9 Å². The zero-order chi connectivity index (χ0) is 35.0. The molecule has 0 fully saturated rings. The molecule has 3 heterocycles. The first-order valence-corrected chi connectivity index (χ1v) is 17.0. The summed E-state index contributed by atoms with van der Waals surface area (Å²) in [4.78, 5) is 62.0. The Bertz CT molecular complexity index is 2100. The van der Waals surface area contributed by atoms with Gasteiger partial charge < -0.3 is 14.5 Å². The van der Waals surface area contributed by atoms with Crippen molar-refractivity contribution in [3.63, 3.8) is 0 Å². The number of rotatable bonds is 5. The van der Waals surface area contributed by atoms with Crippen molar-refractivity contribution in [1.29, 1.82) is 0 Å². The topological polar surface area (TPSA) is 105 Å². The van der Waals surface area contributed by atoms with Crippen LogP contribution in [0.25, 0.3) is 10.9 Å². The average Bonchev–Trinajstić information content (AvgIpc) is 3.29. The maximum atomic E-state index is 14.9. The van der Waals surface area contributed by atoms with Crippen LogP contribution in [0.4, 0.5) is 27.5 Å². The molecule has 254 valence electrons. The Balaban J connectivity index is 1.32. The van der Waals surface area contributed by atoms with Crippen LogP contribution in [0.15, 0.2) is 103 Å². The van der Waals surface area contributed by atoms with Crippen LogP contribution in [-0.2, 0) is 32.0 Å². The van der Waals surface area contributed by atoms with Crippen LogP contribution >= 0.6 is 0 Å². The summed E-state index contributed by atoms with van der Waals surface area (Å²) in [6.07, 6.45) is 1.89. The second-order valence-electron chi connectivity index (χ2n) is 13.7. The summed E-state index contributed by atoms with van der Waals surface area (Å²) in [7, 11) is 0. The monoisotopic (exact) mass is 669 g/mol. The van der Waals surface area contributed by atoms with Gasteiger partial charge in [0.05, 0.1) is 22.6 Å². The van der Waals surface area contributed by atoms with E-state index < -0.39 is 29.4 Å². The van der Waals surface area contributed by atoms with Gasteiger partial charge in [0.2, 0.25) is 17.7 Å². The lowest BCUT2D eigenvalue weighted by Gasteiger charge is -2.29. The van der Waals surface area contributed by atoms with Gasteiger partial charge in [0.1, 0.15) is 18.1 Å². The average molecular weight is 670 g/mol. The van der Waals surface area contributed by atoms with Gasteiger partial charge in [-0.15, -0.1) is 0 Å². The largest absolute Gasteiger partial charge is 0.442 e. The van der Waals surface area contributed by atoms with Gasteiger partial charge in [-0.1, -0.05) is 66.7 Å². The fourth-order valence-electron chi connectivity index (χ4n) is 6.84. The number of hydrogen-bond acceptors (Lipinski definition) is 6. The number of fused-ring (bicyclic) bond motifs is 3. The van der Waals surface area contributed by atoms with Gasteiger partial charge in [-0.2, -0.15) is 9.78 Å². The molecule has 3 amide bonds. The van der Waals surface area contributed by atoms with E-state index in [2.05, 4.69) is 5.10 Å². The summed E-state index contributed by atoms with van der Waals surface area (Å²) < 4.78 is 6.82. The first-order valence-electron chi connectivity index (χ1n) is 17.0. The van der Waals surface area contributed by atoms with Crippen molar-refractivity contribution in [1.82, 2.24) is 9.78 Å². The fraction of sp³-hybridized carbons (Fsp3) is 0.275. The zero-order valence-corrected chi connectivity index (χ0v) is 28.4. The maximum absolute atomic E-state index is 14.9. The summed E-state index contributed by atoms with van der Waals surface area (Å²) in [6.45, 7) is 5.60. The number of aromatic nitrogens is 2. The third-order valence-corrected chi connectivity index (χ3v) is 9.09. The van der Waals surface area contributed by atoms with Crippen LogP contribution in [0, 0.1) is 5.92 Å². The molecule has 2 aliphatic heterocycles. The van der Waals surface area contributed by atoms with E-state index in [1.165, 1.54) is 9.58 Å². The van der Waals surface area contributed by atoms with Crippen LogP contribution in [-0.4, -0.2) is 52.3 Å². The Morgan fingerprint density at radius 1 is 0.780 bits per heavy atom. The van der Waals surface area contributed by atoms with Crippen molar-refractivity contribution in [2.45, 2.75) is 52.1 Å². The van der Waals surface area contributed by atoms with Gasteiger partial charge in [0, 0.05) is 29.7 Å². The summed E-state index contributed by atoms with van der Waals surface area (Å²) >= 11 is 0. The van der Waals surface area contributed by atoms with Crippen molar-refractivity contribution in [3.05, 3.63) is 114 Å². The van der Waals surface area contributed by atoms with Gasteiger partial charge in [0.15, 0.2) is 0 Å². The molecule has 0 saturated heterocycles. The maximum Gasteiger partial charge on any atom is 0.435 e. The molecule has 10 heteroatoms. The third kappa shape index (κ3) is 6.24. The zero-order valence-electron chi connectivity index (χ0n) is 28.4. The number of benzene rings is 4. The number of carbonyl (C=O) groups excluding carboxylic acids is 4. The highest BCUT2D eigenvalue weighted by Crippen LogP contribution is 2.40. The highest BCUT2D eigenvalue weighted by Gasteiger charge is 2.43. The Morgan fingerprint density at radius 3 is 2.20 bits per heavy atom. The minimum absolute atomic E-state index is 0.109. The minimum atomic E-state index is -1.27. The molecule has 0 aliphatic carbocycles. The second kappa shape index (κ2) is 13.3. The number of aryl methyl sites for hydroxylation is 1. The molecule has 2 aliphatic rings. The van der Waals surface area contributed by atoms with Gasteiger partial charge in [0.25, 0.3) is 0 Å². The van der Waals surface area contributed by atoms with E-state index in [9.17, 15) is 19.2 Å². The fourth-order valence-corrected chi connectivity index (χ4v) is 6.84. The molecule has 0 radical (unpaired) electrons. The molecule has 10 nitrogen and oxygen atoms in total. The van der Waals surface area contributed by atoms with Crippen LogP contribution in [0.2, 0.25) is 0 Å². The van der Waals surface area contributed by atoms with Crippen molar-refractivity contribution >= 4 is 57.5 Å². The molecule has 0 N–H and O–H groups in total. The Hall–Kier alpha value is -5.77. The minimum Gasteiger partial charge on any atom is -0.442 e. The Labute approximate surface area is 290 Å². The predicted molar refractivity (Wildman–Crippen MR) is 193 cm³/mol. The van der Waals surface area contributed by atoms with E-state index in [-0.39, 0.29) is 18.9 Å². The van der Waals surface area contributed by atoms with E-state index in [0.717, 1.165) is 30.5 Å². The predicted octanol–water partition coefficient (Wildman–Crippen LogP) is 7.06. The van der Waals surface area contributed by atoms with Crippen molar-refractivity contribution in [3.8, 4) is 0 Å². The lowest BCUT2D eigenvalue weighted by molar-refractivity contribution is -0.132. The van der Waals surface area contributed by atoms with Gasteiger partial charge in [-0.25, -0.2) is 4.79 Å². The van der Waals surface area contributed by atoms with E-state index >= 15 is 0 Å². The molecule has 5 aromatic rings. The lowest BCUT2D eigenvalue weighted by atomic mass is 9.98. The Morgan fingerprint density at radius 2 is 1.44 bits per heavy atom. The molecule has 1 unspecified atom stereocenters. The first kappa shape index (κ1) is 32.8. The number of hydrogen-bond donors (Lipinski definition) is 0. The SMILES string of the molecule is CC(C)(C)OC(=O)n1nc(CC2C(=O)N(CC(=O)N3CCCCc4ccccc43)c3ccccc3N(c3ccccc3)C2=O)c2ccccc21. The second-order valence-corrected chi connectivity index (χ2v) is 13.7. The molecule has 50 heavy (non-hydrogen) atoms. The number of carbonyl (C=O) groups is 4. The van der Waals surface area contributed by atoms with E-state index in [0.29, 0.717) is 40.2 Å². The Kier molecular flexibility index (Phi) is 8.69. The number of para-hydroxylation sites is 5. The summed E-state index contributed by atoms with van der Waals surface area (Å²) in [5, 5.41) is 5.26. The standard InChI is InChI=1S/C40H39N5O5/c1-40(2,3)50-39(49)45-33-21-10-8-19-29(33)31(41-45)25-30-37(47)43(26-36(46)42-24-14-13-16-27-15-7-9-20-32(27)42)34-22-11-12-23-35(34)44(38(30)48)28-17-5-4-6-18-28/h4-12,15,17-23,30H,13-14,16,24-26H2,1-3H3. The summed E-state index contributed by atoms with van der Waals surface area (Å²) in [6, 6.07) is 31.4. The number of nitrogens with zero attached hydrogens (tertiary/aromatic N) is 5. The van der Waals surface area contributed by atoms with Gasteiger partial charge in [-0.05, 0) is 82.0 Å².